The Labute approximate surface area is 305 Å². The molecule has 0 aliphatic carbocycles. The van der Waals surface area contributed by atoms with Gasteiger partial charge in [0.2, 0.25) is 11.8 Å². The number of nitrogens with zero attached hydrogens (tertiary/aromatic N) is 7. The zero-order valence-corrected chi connectivity index (χ0v) is 30.0. The van der Waals surface area contributed by atoms with Gasteiger partial charge in [-0.2, -0.15) is 0 Å². The Morgan fingerprint density at radius 1 is 0.700 bits per heavy atom. The highest BCUT2D eigenvalue weighted by Crippen LogP contribution is 2.42. The average Bonchev–Trinajstić information content (AvgIpc) is 3.65. The van der Waals surface area contributed by atoms with Gasteiger partial charge in [-0.3, -0.25) is 29.4 Å². The van der Waals surface area contributed by atoms with Gasteiger partial charge in [-0.25, -0.2) is 9.97 Å². The van der Waals surface area contributed by atoms with Crippen LogP contribution in [0.15, 0.2) is 48.8 Å². The molecule has 0 atom stereocenters. The molecule has 0 radical (unpaired) electrons. The number of hydrogen-bond acceptors (Lipinski definition) is 9. The number of amides is 2. The molecule has 4 saturated heterocycles. The molecule has 4 fully saturated rings. The van der Waals surface area contributed by atoms with E-state index in [-0.39, 0.29) is 22.9 Å². The summed E-state index contributed by atoms with van der Waals surface area (Å²) in [5, 5.41) is 7.54. The van der Waals surface area contributed by atoms with Gasteiger partial charge in [0.1, 0.15) is 0 Å². The molecule has 11 nitrogen and oxygen atoms in total. The molecule has 0 unspecified atom stereocenters. The van der Waals surface area contributed by atoms with E-state index in [0.29, 0.717) is 63.8 Å². The van der Waals surface area contributed by atoms with Crippen molar-refractivity contribution in [3.05, 3.63) is 75.4 Å². The summed E-state index contributed by atoms with van der Waals surface area (Å²) in [4.78, 5) is 49.1. The largest absolute Gasteiger partial charge is 0.361 e. The van der Waals surface area contributed by atoms with Crippen molar-refractivity contribution in [3.8, 4) is 33.6 Å². The Bertz CT molecular complexity index is 2030. The van der Waals surface area contributed by atoms with Crippen LogP contribution in [0.25, 0.3) is 33.6 Å². The molecule has 2 amide bonds. The van der Waals surface area contributed by atoms with Crippen LogP contribution in [0, 0.1) is 0 Å². The summed E-state index contributed by atoms with van der Waals surface area (Å²) in [6.45, 7) is 4.37. The van der Waals surface area contributed by atoms with E-state index < -0.39 is 0 Å². The van der Waals surface area contributed by atoms with Gasteiger partial charge in [0, 0.05) is 88.5 Å². The van der Waals surface area contributed by atoms with Gasteiger partial charge in [0.15, 0.2) is 11.0 Å². The highest BCUT2D eigenvalue weighted by Gasteiger charge is 2.48. The van der Waals surface area contributed by atoms with Crippen molar-refractivity contribution >= 4 is 52.4 Å². The van der Waals surface area contributed by atoms with Gasteiger partial charge in [-0.05, 0) is 12.8 Å². The first-order valence-electron chi connectivity index (χ1n) is 16.7. The van der Waals surface area contributed by atoms with Crippen molar-refractivity contribution in [3.63, 3.8) is 0 Å². The first-order chi connectivity index (χ1) is 24.0. The third-order valence-electron chi connectivity index (χ3n) is 10.2. The lowest BCUT2D eigenvalue weighted by Crippen LogP contribution is -2.66. The van der Waals surface area contributed by atoms with Gasteiger partial charge in [0.25, 0.3) is 0 Å². The van der Waals surface area contributed by atoms with E-state index in [1.54, 1.807) is 12.4 Å². The van der Waals surface area contributed by atoms with E-state index in [2.05, 4.69) is 30.4 Å². The average molecular weight is 733 g/mol. The maximum atomic E-state index is 11.8. The highest BCUT2D eigenvalue weighted by atomic mass is 35.5. The Balaban J connectivity index is 1.01. The lowest BCUT2D eigenvalue weighted by atomic mass is 9.88. The Morgan fingerprint density at radius 3 is 1.62 bits per heavy atom. The quantitative estimate of drug-likeness (QED) is 0.251. The zero-order valence-electron chi connectivity index (χ0n) is 27.8. The summed E-state index contributed by atoms with van der Waals surface area (Å²) in [5.74, 6) is 1.02. The summed E-state index contributed by atoms with van der Waals surface area (Å²) in [6.07, 6.45) is 6.39. The van der Waals surface area contributed by atoms with E-state index in [9.17, 15) is 9.59 Å². The second-order valence-corrected chi connectivity index (χ2v) is 15.3. The van der Waals surface area contributed by atoms with Crippen molar-refractivity contribution in [1.29, 1.82) is 0 Å². The molecule has 2 spiro atoms. The molecule has 4 aromatic rings. The van der Waals surface area contributed by atoms with E-state index in [0.717, 1.165) is 67.2 Å². The molecular weight excluding hydrogens is 697 g/mol. The topological polar surface area (TPSA) is 119 Å². The molecule has 2 aromatic heterocycles. The molecular formula is C36H36Cl3N9O2. The van der Waals surface area contributed by atoms with Crippen molar-refractivity contribution in [2.75, 3.05) is 45.2 Å². The van der Waals surface area contributed by atoms with Crippen LogP contribution in [0.1, 0.15) is 37.1 Å². The van der Waals surface area contributed by atoms with E-state index in [1.165, 1.54) is 0 Å². The maximum Gasteiger partial charge on any atom is 0.220 e. The lowest BCUT2D eigenvalue weighted by molar-refractivity contribution is -0.121. The van der Waals surface area contributed by atoms with E-state index in [1.807, 2.05) is 55.4 Å². The number of benzene rings is 2. The molecule has 8 rings (SSSR count). The van der Waals surface area contributed by atoms with Crippen molar-refractivity contribution < 1.29 is 9.59 Å². The molecule has 258 valence electrons. The van der Waals surface area contributed by atoms with Crippen molar-refractivity contribution in [2.24, 2.45) is 0 Å². The predicted octanol–water partition coefficient (Wildman–Crippen LogP) is 5.22. The number of aromatic nitrogens is 4. The first-order valence-corrected chi connectivity index (χ1v) is 17.8. The number of carbonyl (C=O) groups is 2. The second-order valence-electron chi connectivity index (χ2n) is 14.2. The summed E-state index contributed by atoms with van der Waals surface area (Å²) < 4.78 is 0. The van der Waals surface area contributed by atoms with Gasteiger partial charge in [0.05, 0.1) is 56.3 Å². The summed E-state index contributed by atoms with van der Waals surface area (Å²) in [6, 6.07) is 11.5. The normalized spacial score (nSPS) is 19.4. The first kappa shape index (κ1) is 33.3. The Kier molecular flexibility index (Phi) is 8.47. The third kappa shape index (κ3) is 6.09. The number of halogens is 3. The van der Waals surface area contributed by atoms with Crippen LogP contribution in [0.2, 0.25) is 15.2 Å². The standard InChI is InChI=1S/C36H36Cl3N9O2/c1-46(2)34-28(16-48-19-36(20-48)12-10-30(50)45-36)41-14-26(43-34)24-8-4-6-22(32(24)38)21-5-3-7-23(31(21)37)25-13-40-27(33(39)42-25)15-47-17-35(18-47)11-9-29(49)44-35/h3-8,13-14H,9-12,15-20H2,1-2H3,(H,44,49)(H,45,50). The molecule has 0 saturated carbocycles. The number of nitrogens with one attached hydrogen (secondary N) is 2. The van der Waals surface area contributed by atoms with E-state index >= 15 is 0 Å². The zero-order chi connectivity index (χ0) is 34.8. The highest BCUT2D eigenvalue weighted by molar-refractivity contribution is 6.39. The Morgan fingerprint density at radius 2 is 1.16 bits per heavy atom. The number of rotatable bonds is 8. The molecule has 14 heteroatoms. The van der Waals surface area contributed by atoms with Gasteiger partial charge in [-0.1, -0.05) is 71.2 Å². The minimum Gasteiger partial charge on any atom is -0.361 e. The van der Waals surface area contributed by atoms with Gasteiger partial charge in [-0.15, -0.1) is 0 Å². The number of anilines is 1. The van der Waals surface area contributed by atoms with Crippen molar-refractivity contribution in [1.82, 2.24) is 40.4 Å². The predicted molar refractivity (Wildman–Crippen MR) is 194 cm³/mol. The van der Waals surface area contributed by atoms with Crippen LogP contribution in [0.4, 0.5) is 5.82 Å². The van der Waals surface area contributed by atoms with Crippen LogP contribution in [0.5, 0.6) is 0 Å². The fourth-order valence-electron chi connectivity index (χ4n) is 7.79. The summed E-state index contributed by atoms with van der Waals surface area (Å²) >= 11 is 20.8. The minimum atomic E-state index is -0.108. The SMILES string of the molecule is CN(C)c1nc(-c2cccc(-c3cccc(-c4cnc(CN5CC6(CCC(=O)N6)C5)c(Cl)n4)c3Cl)c2Cl)cnc1CN1CC2(CCC(=O)N2)C1. The van der Waals surface area contributed by atoms with Gasteiger partial charge >= 0.3 is 0 Å². The molecule has 6 heterocycles. The molecule has 50 heavy (non-hydrogen) atoms. The smallest absolute Gasteiger partial charge is 0.220 e. The maximum absolute atomic E-state index is 11.8. The summed E-state index contributed by atoms with van der Waals surface area (Å²) in [5.41, 5.74) is 5.47. The third-order valence-corrected chi connectivity index (χ3v) is 11.3. The number of hydrogen-bond donors (Lipinski definition) is 2. The number of carbonyl (C=O) groups excluding carboxylic acids is 2. The monoisotopic (exact) mass is 731 g/mol. The summed E-state index contributed by atoms with van der Waals surface area (Å²) in [7, 11) is 3.91. The Hall–Kier alpha value is -3.87. The van der Waals surface area contributed by atoms with E-state index in [4.69, 9.17) is 44.8 Å². The van der Waals surface area contributed by atoms with Crippen LogP contribution < -0.4 is 15.5 Å². The van der Waals surface area contributed by atoms with Crippen molar-refractivity contribution in [2.45, 2.75) is 49.9 Å². The van der Waals surface area contributed by atoms with Crippen LogP contribution in [0.3, 0.4) is 0 Å². The molecule has 4 aliphatic rings. The number of likely N-dealkylation sites (tertiary alicyclic amines) is 2. The fourth-order valence-corrected chi connectivity index (χ4v) is 8.64. The molecule has 0 bridgehead atoms. The second kappa shape index (κ2) is 12.7. The van der Waals surface area contributed by atoms with Crippen LogP contribution in [-0.2, 0) is 22.7 Å². The van der Waals surface area contributed by atoms with Crippen LogP contribution >= 0.6 is 34.8 Å². The lowest BCUT2D eigenvalue weighted by Gasteiger charge is -2.47. The minimum absolute atomic E-state index is 0.0906. The molecule has 2 aromatic carbocycles. The molecule has 2 N–H and O–H groups in total. The fraction of sp³-hybridized carbons (Fsp3) is 0.389. The van der Waals surface area contributed by atoms with Gasteiger partial charge < -0.3 is 15.5 Å². The van der Waals surface area contributed by atoms with Crippen LogP contribution in [-0.4, -0.2) is 92.9 Å². The molecule has 4 aliphatic heterocycles.